The molecule has 8 heteroatoms. The molecule has 142 valence electrons. The molecule has 3 rings (SSSR count). The van der Waals surface area contributed by atoms with Crippen LogP contribution in [-0.2, 0) is 4.79 Å². The molecule has 1 amide bonds. The Kier molecular flexibility index (Phi) is 7.51. The van der Waals surface area contributed by atoms with Crippen molar-refractivity contribution < 1.29 is 13.6 Å². The number of halogens is 2. The summed E-state index contributed by atoms with van der Waals surface area (Å²) in [4.78, 5) is 14.2. The van der Waals surface area contributed by atoms with Crippen molar-refractivity contribution in [2.45, 2.75) is 38.3 Å². The van der Waals surface area contributed by atoms with Crippen molar-refractivity contribution >= 4 is 32.7 Å². The fourth-order valence-corrected chi connectivity index (χ4v) is 3.77. The zero-order valence-electron chi connectivity index (χ0n) is 15.0. The molecule has 0 N–H and O–H groups in total. The van der Waals surface area contributed by atoms with Gasteiger partial charge in [-0.15, -0.1) is 11.3 Å². The van der Waals surface area contributed by atoms with Crippen molar-refractivity contribution in [3.8, 4) is 0 Å². The molecule has 2 aliphatic rings. The molecule has 0 spiro atoms. The summed E-state index contributed by atoms with van der Waals surface area (Å²) in [5.41, 5.74) is -0.0133. The third kappa shape index (κ3) is 6.01. The summed E-state index contributed by atoms with van der Waals surface area (Å²) in [7, 11) is 2.98. The van der Waals surface area contributed by atoms with Gasteiger partial charge in [0.15, 0.2) is 5.70 Å². The minimum absolute atomic E-state index is 0.250. The van der Waals surface area contributed by atoms with E-state index >= 15 is 0 Å². The van der Waals surface area contributed by atoms with Gasteiger partial charge in [-0.3, -0.25) is 9.80 Å². The molecule has 1 fully saturated rings. The number of allylic oxidation sites excluding steroid dienone is 1. The quantitative estimate of drug-likeness (QED) is 0.433. The predicted molar refractivity (Wildman–Crippen MR) is 106 cm³/mol. The Hall–Kier alpha value is -1.55. The third-order valence-electron chi connectivity index (χ3n) is 4.03. The molecule has 1 saturated heterocycles. The fraction of sp³-hybridized carbons (Fsp3) is 0.500. The maximum Gasteiger partial charge on any atom is 0.306 e. The molecule has 0 saturated carbocycles. The molecule has 26 heavy (non-hydrogen) atoms. The summed E-state index contributed by atoms with van der Waals surface area (Å²) >= 11 is 1.57. The van der Waals surface area contributed by atoms with E-state index in [1.165, 1.54) is 48.0 Å². The van der Waals surface area contributed by atoms with E-state index in [1.54, 1.807) is 11.3 Å². The molecule has 1 aromatic rings. The summed E-state index contributed by atoms with van der Waals surface area (Å²) in [6, 6.07) is 3.90. The summed E-state index contributed by atoms with van der Waals surface area (Å²) in [5, 5.41) is 5.29. The molecule has 0 bridgehead atoms. The lowest BCUT2D eigenvalue weighted by atomic mass is 10.2. The smallest absolute Gasteiger partial charge is 0.306 e. The molecule has 3 heterocycles. The second-order valence-electron chi connectivity index (χ2n) is 6.23. The van der Waals surface area contributed by atoms with Crippen LogP contribution in [0, 0.1) is 6.92 Å². The van der Waals surface area contributed by atoms with Crippen LogP contribution in [0.1, 0.15) is 35.4 Å². The van der Waals surface area contributed by atoms with Gasteiger partial charge >= 0.3 is 5.66 Å². The van der Waals surface area contributed by atoms with Gasteiger partial charge < -0.3 is 4.90 Å². The van der Waals surface area contributed by atoms with Crippen molar-refractivity contribution in [1.82, 2.24) is 9.91 Å². The van der Waals surface area contributed by atoms with Gasteiger partial charge in [0.05, 0.1) is 4.88 Å². The standard InChI is InChI=1S/C11H11F2N2PS.C7H13NO/c1-7-3-5-9(17-7)8-4-6-10(11(12,13)16)15(2)14-8;9-7-8-5-3-1-2-4-6-8/h3-5H,16H2,1-2H3;7H,1-6H2. The van der Waals surface area contributed by atoms with Crippen LogP contribution in [0.25, 0.3) is 0 Å². The van der Waals surface area contributed by atoms with Gasteiger partial charge in [0.1, 0.15) is 5.71 Å². The number of hydrogen-bond acceptors (Lipinski definition) is 4. The van der Waals surface area contributed by atoms with Gasteiger partial charge in [-0.2, -0.15) is 13.9 Å². The first-order chi connectivity index (χ1) is 12.3. The van der Waals surface area contributed by atoms with E-state index in [4.69, 9.17) is 0 Å². The molecule has 0 radical (unpaired) electrons. The molecular weight excluding hydrogens is 375 g/mol. The Morgan fingerprint density at radius 3 is 2.38 bits per heavy atom. The molecule has 4 nitrogen and oxygen atoms in total. The number of rotatable bonds is 3. The number of aryl methyl sites for hydroxylation is 1. The van der Waals surface area contributed by atoms with Crippen molar-refractivity contribution in [2.75, 3.05) is 20.1 Å². The van der Waals surface area contributed by atoms with Crippen molar-refractivity contribution in [3.05, 3.63) is 39.4 Å². The van der Waals surface area contributed by atoms with Gasteiger partial charge in [0.2, 0.25) is 6.41 Å². The van der Waals surface area contributed by atoms with Crippen molar-refractivity contribution in [1.29, 1.82) is 0 Å². The summed E-state index contributed by atoms with van der Waals surface area (Å²) in [5.74, 6) is 0. The first-order valence-corrected chi connectivity index (χ1v) is 9.93. The molecular formula is C18H24F2N3OPS. The number of alkyl halides is 2. The fourth-order valence-electron chi connectivity index (χ4n) is 2.68. The topological polar surface area (TPSA) is 35.9 Å². The second kappa shape index (κ2) is 9.40. The van der Waals surface area contributed by atoms with Crippen molar-refractivity contribution in [2.24, 2.45) is 5.10 Å². The molecule has 0 aromatic carbocycles. The molecule has 1 atom stereocenters. The highest BCUT2D eigenvalue weighted by molar-refractivity contribution is 7.18. The van der Waals surface area contributed by atoms with E-state index in [1.807, 2.05) is 24.0 Å². The lowest BCUT2D eigenvalue weighted by Crippen LogP contribution is -2.25. The Labute approximate surface area is 159 Å². The van der Waals surface area contributed by atoms with Crippen LogP contribution in [0.15, 0.2) is 34.7 Å². The van der Waals surface area contributed by atoms with Crippen LogP contribution in [-0.4, -0.2) is 47.8 Å². The van der Waals surface area contributed by atoms with Crippen LogP contribution < -0.4 is 0 Å². The first kappa shape index (κ1) is 20.8. The molecule has 1 unspecified atom stereocenters. The summed E-state index contributed by atoms with van der Waals surface area (Å²) in [6.45, 7) is 3.94. The van der Waals surface area contributed by atoms with Crippen LogP contribution >= 0.6 is 20.6 Å². The largest absolute Gasteiger partial charge is 0.345 e. The van der Waals surface area contributed by atoms with Crippen LogP contribution in [0.3, 0.4) is 0 Å². The number of hydrazone groups is 1. The van der Waals surface area contributed by atoms with E-state index in [0.29, 0.717) is 5.71 Å². The lowest BCUT2D eigenvalue weighted by Gasteiger charge is -2.23. The highest BCUT2D eigenvalue weighted by Gasteiger charge is 2.32. The van der Waals surface area contributed by atoms with Crippen LogP contribution in [0.5, 0.6) is 0 Å². The number of carbonyl (C=O) groups excluding carboxylic acids is 1. The highest BCUT2D eigenvalue weighted by Crippen LogP contribution is 2.33. The highest BCUT2D eigenvalue weighted by atomic mass is 32.1. The Balaban J connectivity index is 0.000000228. The average molecular weight is 399 g/mol. The summed E-state index contributed by atoms with van der Waals surface area (Å²) < 4.78 is 26.3. The van der Waals surface area contributed by atoms with Crippen molar-refractivity contribution in [3.63, 3.8) is 0 Å². The van der Waals surface area contributed by atoms with Gasteiger partial charge in [0.25, 0.3) is 0 Å². The summed E-state index contributed by atoms with van der Waals surface area (Å²) in [6.07, 6.45) is 7.44. The predicted octanol–water partition coefficient (Wildman–Crippen LogP) is 4.23. The number of nitrogens with zero attached hydrogens (tertiary/aromatic N) is 3. The van der Waals surface area contributed by atoms with Gasteiger partial charge in [0, 0.05) is 31.1 Å². The minimum atomic E-state index is -3.01. The number of carbonyl (C=O) groups is 1. The monoisotopic (exact) mass is 399 g/mol. The van der Waals surface area contributed by atoms with E-state index in [9.17, 15) is 13.6 Å². The number of amides is 1. The van der Waals surface area contributed by atoms with E-state index in [-0.39, 0.29) is 5.70 Å². The number of likely N-dealkylation sites (tertiary alicyclic amines) is 1. The number of thiophene rings is 1. The maximum absolute atomic E-state index is 13.1. The minimum Gasteiger partial charge on any atom is -0.345 e. The Morgan fingerprint density at radius 1 is 1.27 bits per heavy atom. The molecule has 1 aromatic heterocycles. The zero-order chi connectivity index (χ0) is 19.2. The molecule has 2 aliphatic heterocycles. The van der Waals surface area contributed by atoms with Gasteiger partial charge in [-0.25, -0.2) is 0 Å². The average Bonchev–Trinajstić information content (AvgIpc) is 2.85. The lowest BCUT2D eigenvalue weighted by molar-refractivity contribution is -0.118. The normalized spacial score (nSPS) is 17.7. The Bertz CT molecular complexity index is 712. The SMILES string of the molecule is Cc1ccc(C2=NN(C)C(C(F)(F)P)=C=C2)s1.O=CN1CCCCCC1. The van der Waals surface area contributed by atoms with E-state index in [0.717, 1.165) is 34.3 Å². The van der Waals surface area contributed by atoms with Gasteiger partial charge in [-0.05, 0) is 31.9 Å². The van der Waals surface area contributed by atoms with Crippen LogP contribution in [0.4, 0.5) is 8.78 Å². The third-order valence-corrected chi connectivity index (χ3v) is 5.32. The Morgan fingerprint density at radius 2 is 1.92 bits per heavy atom. The number of hydrogen-bond donors (Lipinski definition) is 0. The maximum atomic E-state index is 13.1. The second-order valence-corrected chi connectivity index (χ2v) is 8.25. The van der Waals surface area contributed by atoms with E-state index < -0.39 is 5.66 Å². The first-order valence-electron chi connectivity index (χ1n) is 8.53. The zero-order valence-corrected chi connectivity index (χ0v) is 17.0. The van der Waals surface area contributed by atoms with E-state index in [2.05, 4.69) is 10.8 Å². The molecule has 0 aliphatic carbocycles. The van der Waals surface area contributed by atoms with Gasteiger partial charge in [-0.1, -0.05) is 27.8 Å². The van der Waals surface area contributed by atoms with Crippen LogP contribution in [0.2, 0.25) is 0 Å².